The molecule has 0 saturated carbocycles. The number of halogens is 3. The number of alkyl halides is 3. The van der Waals surface area contributed by atoms with E-state index in [1.807, 2.05) is 6.07 Å². The minimum Gasteiger partial charge on any atom is -0.376 e. The van der Waals surface area contributed by atoms with Gasteiger partial charge in [-0.05, 0) is 30.5 Å². The number of hydrogen-bond donors (Lipinski definition) is 0. The molecule has 1 atom stereocenters. The zero-order chi connectivity index (χ0) is 16.3. The summed E-state index contributed by atoms with van der Waals surface area (Å²) >= 11 is 0. The van der Waals surface area contributed by atoms with Gasteiger partial charge in [0, 0.05) is 0 Å². The van der Waals surface area contributed by atoms with Crippen molar-refractivity contribution in [3.63, 3.8) is 0 Å². The molecule has 0 N–H and O–H groups in total. The van der Waals surface area contributed by atoms with Crippen LogP contribution >= 0.6 is 0 Å². The lowest BCUT2D eigenvalue weighted by atomic mass is 9.98. The number of benzene rings is 1. The molecular weight excluding hydrogens is 307 g/mol. The molecule has 1 aromatic rings. The van der Waals surface area contributed by atoms with Crippen molar-refractivity contribution < 1.29 is 25.8 Å². The Bertz CT molecular complexity index is 675. The predicted molar refractivity (Wildman–Crippen MR) is 70.0 cm³/mol. The quantitative estimate of drug-likeness (QED) is 0.474. The molecular formula is C13H12F3NO3S. The number of hydrogen-bond acceptors (Lipinski definition) is 4. The zero-order valence-corrected chi connectivity index (χ0v) is 11.8. The summed E-state index contributed by atoms with van der Waals surface area (Å²) in [6, 6.07) is 5.86. The predicted octanol–water partition coefficient (Wildman–Crippen LogP) is 3.27. The van der Waals surface area contributed by atoms with Gasteiger partial charge in [0.2, 0.25) is 0 Å². The molecule has 0 aromatic heterocycles. The smallest absolute Gasteiger partial charge is 0.376 e. The van der Waals surface area contributed by atoms with E-state index in [1.165, 1.54) is 18.2 Å². The second kappa shape index (κ2) is 6.18. The van der Waals surface area contributed by atoms with Crippen LogP contribution in [0.2, 0.25) is 0 Å². The lowest BCUT2D eigenvalue weighted by Gasteiger charge is -2.14. The summed E-state index contributed by atoms with van der Waals surface area (Å²) in [4.78, 5) is 0. The van der Waals surface area contributed by atoms with E-state index in [0.717, 1.165) is 6.07 Å². The minimum atomic E-state index is -5.73. The van der Waals surface area contributed by atoms with Gasteiger partial charge in [0.25, 0.3) is 0 Å². The lowest BCUT2D eigenvalue weighted by molar-refractivity contribution is -0.0500. The Hall–Kier alpha value is -2.01. The second-order valence-electron chi connectivity index (χ2n) is 4.19. The molecule has 1 rings (SSSR count). The Morgan fingerprint density at radius 3 is 2.57 bits per heavy atom. The summed E-state index contributed by atoms with van der Waals surface area (Å²) in [5, 5.41) is 8.83. The van der Waals surface area contributed by atoms with Crippen molar-refractivity contribution in [3.8, 4) is 11.8 Å². The van der Waals surface area contributed by atoms with Crippen molar-refractivity contribution in [2.24, 2.45) is 0 Å². The van der Waals surface area contributed by atoms with Gasteiger partial charge in [-0.1, -0.05) is 18.2 Å². The van der Waals surface area contributed by atoms with Gasteiger partial charge in [-0.15, -0.1) is 6.58 Å². The Balaban J connectivity index is 3.25. The maximum atomic E-state index is 12.3. The van der Waals surface area contributed by atoms with Crippen LogP contribution in [-0.2, 0) is 16.5 Å². The minimum absolute atomic E-state index is 0.106. The first-order valence-electron chi connectivity index (χ1n) is 5.76. The number of nitrogens with zero attached hydrogens (tertiary/aromatic N) is 1. The van der Waals surface area contributed by atoms with Crippen LogP contribution in [-0.4, -0.2) is 13.9 Å². The normalized spacial score (nSPS) is 13.3. The molecule has 1 unspecified atom stereocenters. The maximum absolute atomic E-state index is 12.3. The molecule has 21 heavy (non-hydrogen) atoms. The third-order valence-corrected chi connectivity index (χ3v) is 3.59. The van der Waals surface area contributed by atoms with Crippen LogP contribution in [0.15, 0.2) is 30.9 Å². The standard InChI is InChI=1S/C13H12F3NO3S/c1-3-4-11-7-10(9(2)8-17)5-6-12(11)20-21(18,19)13(14,15)16/h3,5-7,9H,1,4H2,2H3. The topological polar surface area (TPSA) is 67.2 Å². The molecule has 0 saturated heterocycles. The fourth-order valence-corrected chi connectivity index (χ4v) is 2.00. The average Bonchev–Trinajstić information content (AvgIpc) is 2.38. The van der Waals surface area contributed by atoms with E-state index in [-0.39, 0.29) is 12.0 Å². The molecule has 1 aromatic carbocycles. The molecule has 0 spiro atoms. The summed E-state index contributed by atoms with van der Waals surface area (Å²) in [6.45, 7) is 5.06. The molecule has 114 valence electrons. The Morgan fingerprint density at radius 2 is 2.10 bits per heavy atom. The highest BCUT2D eigenvalue weighted by molar-refractivity contribution is 7.88. The summed E-state index contributed by atoms with van der Waals surface area (Å²) < 4.78 is 63.2. The van der Waals surface area contributed by atoms with Crippen LogP contribution in [0.1, 0.15) is 24.0 Å². The Kier molecular flexibility index (Phi) is 5.01. The molecule has 0 aliphatic rings. The van der Waals surface area contributed by atoms with Gasteiger partial charge in [0.05, 0.1) is 12.0 Å². The lowest BCUT2D eigenvalue weighted by Crippen LogP contribution is -2.28. The number of nitriles is 1. The van der Waals surface area contributed by atoms with E-state index in [4.69, 9.17) is 5.26 Å². The van der Waals surface area contributed by atoms with Gasteiger partial charge < -0.3 is 4.18 Å². The molecule has 8 heteroatoms. The van der Waals surface area contributed by atoms with E-state index in [2.05, 4.69) is 10.8 Å². The van der Waals surface area contributed by atoms with Crippen molar-refractivity contribution in [2.45, 2.75) is 24.8 Å². The summed E-state index contributed by atoms with van der Waals surface area (Å²) in [6.07, 6.45) is 1.50. The number of rotatable bonds is 5. The maximum Gasteiger partial charge on any atom is 0.534 e. The van der Waals surface area contributed by atoms with E-state index in [9.17, 15) is 21.6 Å². The van der Waals surface area contributed by atoms with Crippen LogP contribution < -0.4 is 4.18 Å². The van der Waals surface area contributed by atoms with Crippen molar-refractivity contribution in [1.29, 1.82) is 5.26 Å². The van der Waals surface area contributed by atoms with Gasteiger partial charge in [0.1, 0.15) is 5.75 Å². The van der Waals surface area contributed by atoms with E-state index in [1.54, 1.807) is 6.92 Å². The fourth-order valence-electron chi connectivity index (χ4n) is 1.51. The van der Waals surface area contributed by atoms with Crippen LogP contribution in [0.25, 0.3) is 0 Å². The van der Waals surface area contributed by atoms with Crippen LogP contribution in [0.5, 0.6) is 5.75 Å². The van der Waals surface area contributed by atoms with Gasteiger partial charge in [0.15, 0.2) is 0 Å². The van der Waals surface area contributed by atoms with Crippen molar-refractivity contribution in [3.05, 3.63) is 42.0 Å². The molecule has 4 nitrogen and oxygen atoms in total. The molecule has 0 radical (unpaired) electrons. The third-order valence-electron chi connectivity index (χ3n) is 2.63. The monoisotopic (exact) mass is 319 g/mol. The van der Waals surface area contributed by atoms with Crippen LogP contribution in [0.4, 0.5) is 13.2 Å². The fraction of sp³-hybridized carbons (Fsp3) is 0.308. The van der Waals surface area contributed by atoms with Crippen molar-refractivity contribution >= 4 is 10.1 Å². The summed E-state index contributed by atoms with van der Waals surface area (Å²) in [7, 11) is -5.73. The zero-order valence-electron chi connectivity index (χ0n) is 11.0. The molecule has 0 heterocycles. The first-order valence-corrected chi connectivity index (χ1v) is 7.17. The highest BCUT2D eigenvalue weighted by Crippen LogP contribution is 2.31. The van der Waals surface area contributed by atoms with Gasteiger partial charge in [-0.2, -0.15) is 26.9 Å². The molecule has 0 amide bonds. The highest BCUT2D eigenvalue weighted by atomic mass is 32.2. The third kappa shape index (κ3) is 3.98. The number of allylic oxidation sites excluding steroid dienone is 1. The SMILES string of the molecule is C=CCc1cc(C(C)C#N)ccc1OS(=O)(=O)C(F)(F)F. The Morgan fingerprint density at radius 1 is 1.48 bits per heavy atom. The largest absolute Gasteiger partial charge is 0.534 e. The van der Waals surface area contributed by atoms with Crippen LogP contribution in [0.3, 0.4) is 0 Å². The van der Waals surface area contributed by atoms with Gasteiger partial charge in [-0.25, -0.2) is 0 Å². The van der Waals surface area contributed by atoms with Crippen molar-refractivity contribution in [1.82, 2.24) is 0 Å². The van der Waals surface area contributed by atoms with Crippen molar-refractivity contribution in [2.75, 3.05) is 0 Å². The summed E-state index contributed by atoms with van der Waals surface area (Å²) in [5.41, 5.74) is -4.75. The van der Waals surface area contributed by atoms with E-state index in [0.29, 0.717) is 5.56 Å². The second-order valence-corrected chi connectivity index (χ2v) is 5.73. The molecule has 0 aliphatic heterocycles. The van der Waals surface area contributed by atoms with Gasteiger partial charge >= 0.3 is 15.6 Å². The summed E-state index contributed by atoms with van der Waals surface area (Å²) in [5.74, 6) is -0.914. The van der Waals surface area contributed by atoms with Crippen LogP contribution in [0, 0.1) is 11.3 Å². The first-order chi connectivity index (χ1) is 9.62. The first kappa shape index (κ1) is 17.0. The Labute approximate surface area is 120 Å². The highest BCUT2D eigenvalue weighted by Gasteiger charge is 2.48. The average molecular weight is 319 g/mol. The van der Waals surface area contributed by atoms with Gasteiger partial charge in [-0.3, -0.25) is 0 Å². The van der Waals surface area contributed by atoms with E-state index < -0.39 is 27.3 Å². The van der Waals surface area contributed by atoms with E-state index >= 15 is 0 Å². The molecule has 0 bridgehead atoms. The molecule has 0 aliphatic carbocycles. The molecule has 0 fully saturated rings.